The largest absolute Gasteiger partial charge is 0.511 e. The fraction of sp³-hybridized carbons (Fsp3) is 0.182. The molecule has 7 nitrogen and oxygen atoms in total. The van der Waals surface area contributed by atoms with Gasteiger partial charge in [-0.3, -0.25) is 0 Å². The lowest BCUT2D eigenvalue weighted by molar-refractivity contribution is -0.137. The summed E-state index contributed by atoms with van der Waals surface area (Å²) >= 11 is 5.92. The maximum atomic E-state index is 13.4. The van der Waals surface area contributed by atoms with Crippen LogP contribution in [-0.4, -0.2) is 30.8 Å². The van der Waals surface area contributed by atoms with Gasteiger partial charge in [0.1, 0.15) is 0 Å². The zero-order valence-electron chi connectivity index (χ0n) is 19.2. The number of alkyl halides is 6. The van der Waals surface area contributed by atoms with Gasteiger partial charge in [0.05, 0.1) is 30.2 Å². The Bertz CT molecular complexity index is 1720. The highest BCUT2D eigenvalue weighted by molar-refractivity contribution is 7.94. The van der Waals surface area contributed by atoms with Gasteiger partial charge < -0.3 is 0 Å². The minimum atomic E-state index is -5.73. The SMILES string of the molecule is C[C@H](NS(=O)(=O)C(F)(F)F)c1ccc(S(=O)(=O)c2ccc(C(F)(F)F)cc2S(=O)(=O)c2ccccc2Cl)cc1. The van der Waals surface area contributed by atoms with Crippen molar-refractivity contribution in [2.45, 2.75) is 44.2 Å². The first-order valence-corrected chi connectivity index (χ1v) is 15.2. The van der Waals surface area contributed by atoms with E-state index in [1.165, 1.54) is 16.9 Å². The maximum Gasteiger partial charge on any atom is 0.511 e. The van der Waals surface area contributed by atoms with Crippen LogP contribution in [0.1, 0.15) is 24.1 Å². The van der Waals surface area contributed by atoms with Crippen LogP contribution in [0.3, 0.4) is 0 Å². The van der Waals surface area contributed by atoms with E-state index in [-0.39, 0.29) is 16.7 Å². The van der Waals surface area contributed by atoms with Crippen LogP contribution in [0.4, 0.5) is 26.3 Å². The Kier molecular flexibility index (Phi) is 8.22. The van der Waals surface area contributed by atoms with E-state index < -0.39 is 72.6 Å². The summed E-state index contributed by atoms with van der Waals surface area (Å²) in [6, 6.07) is 7.84. The highest BCUT2D eigenvalue weighted by Gasteiger charge is 2.46. The van der Waals surface area contributed by atoms with Crippen molar-refractivity contribution >= 4 is 41.3 Å². The fourth-order valence-corrected chi connectivity index (χ4v) is 7.92. The molecule has 0 aliphatic heterocycles. The molecule has 0 heterocycles. The fourth-order valence-electron chi connectivity index (χ4n) is 3.33. The summed E-state index contributed by atoms with van der Waals surface area (Å²) in [5.41, 5.74) is -7.15. The molecule has 0 unspecified atom stereocenters. The molecule has 3 rings (SSSR count). The summed E-state index contributed by atoms with van der Waals surface area (Å²) in [4.78, 5) is -3.51. The molecular formula is C22H16ClF6NO6S3. The average Bonchev–Trinajstić information content (AvgIpc) is 2.82. The summed E-state index contributed by atoms with van der Waals surface area (Å²) in [5, 5.41) is -0.377. The first-order valence-electron chi connectivity index (χ1n) is 10.3. The lowest BCUT2D eigenvalue weighted by Gasteiger charge is -2.17. The second-order valence-corrected chi connectivity index (χ2v) is 13.9. The van der Waals surface area contributed by atoms with Gasteiger partial charge in [-0.1, -0.05) is 35.9 Å². The molecule has 3 aromatic carbocycles. The minimum Gasteiger partial charge on any atom is -0.218 e. The number of rotatable bonds is 7. The van der Waals surface area contributed by atoms with Crippen LogP contribution in [0.15, 0.2) is 86.3 Å². The molecule has 1 N–H and O–H groups in total. The van der Waals surface area contributed by atoms with E-state index in [0.29, 0.717) is 12.1 Å². The molecule has 0 bridgehead atoms. The van der Waals surface area contributed by atoms with Crippen molar-refractivity contribution in [1.29, 1.82) is 0 Å². The lowest BCUT2D eigenvalue weighted by atomic mass is 10.1. The molecule has 0 radical (unpaired) electrons. The number of nitrogens with one attached hydrogen (secondary N) is 1. The van der Waals surface area contributed by atoms with Crippen LogP contribution in [0.5, 0.6) is 0 Å². The standard InChI is InChI=1S/C22H16ClF6NO6S3/c1-13(30-39(35,36)22(27,28)29)14-6-9-16(10-7-14)37(31,32)19-11-8-15(21(24,25)26)12-20(19)38(33,34)18-5-3-2-4-17(18)23/h2-13,30H,1H3/t13-/m0/s1. The molecule has 0 spiro atoms. The van der Waals surface area contributed by atoms with Crippen molar-refractivity contribution in [3.05, 3.63) is 82.9 Å². The molecule has 0 saturated carbocycles. The Morgan fingerprint density at radius 3 is 1.79 bits per heavy atom. The second kappa shape index (κ2) is 10.4. The van der Waals surface area contributed by atoms with Gasteiger partial charge in [0, 0.05) is 6.04 Å². The number of sulfonamides is 1. The Balaban J connectivity index is 2.13. The van der Waals surface area contributed by atoms with Crippen LogP contribution < -0.4 is 4.72 Å². The molecular weight excluding hydrogens is 620 g/mol. The Morgan fingerprint density at radius 1 is 0.718 bits per heavy atom. The van der Waals surface area contributed by atoms with Crippen molar-refractivity contribution in [2.75, 3.05) is 0 Å². The van der Waals surface area contributed by atoms with Crippen molar-refractivity contribution in [1.82, 2.24) is 4.72 Å². The minimum absolute atomic E-state index is 0.0990. The molecule has 0 aliphatic carbocycles. The van der Waals surface area contributed by atoms with Crippen molar-refractivity contribution in [2.24, 2.45) is 0 Å². The highest BCUT2D eigenvalue weighted by Crippen LogP contribution is 2.38. The number of halogens is 7. The maximum absolute atomic E-state index is 13.4. The van der Waals surface area contributed by atoms with Gasteiger partial charge in [0.15, 0.2) is 0 Å². The smallest absolute Gasteiger partial charge is 0.218 e. The molecule has 0 saturated heterocycles. The molecule has 0 amide bonds. The summed E-state index contributed by atoms with van der Waals surface area (Å²) in [5.74, 6) is 0. The predicted octanol–water partition coefficient (Wildman–Crippen LogP) is 5.52. The van der Waals surface area contributed by atoms with E-state index in [1.807, 2.05) is 0 Å². The van der Waals surface area contributed by atoms with E-state index in [0.717, 1.165) is 43.3 Å². The monoisotopic (exact) mass is 635 g/mol. The quantitative estimate of drug-likeness (QED) is 0.342. The van der Waals surface area contributed by atoms with E-state index in [1.54, 1.807) is 0 Å². The van der Waals surface area contributed by atoms with Crippen molar-refractivity contribution in [3.63, 3.8) is 0 Å². The summed E-state index contributed by atoms with van der Waals surface area (Å²) in [7, 11) is -15.5. The molecule has 1 atom stereocenters. The molecule has 3 aromatic rings. The van der Waals surface area contributed by atoms with Crippen LogP contribution >= 0.6 is 11.6 Å². The summed E-state index contributed by atoms with van der Waals surface area (Å²) in [6.45, 7) is 1.05. The van der Waals surface area contributed by atoms with Crippen LogP contribution in [0, 0.1) is 0 Å². The molecule has 0 aromatic heterocycles. The van der Waals surface area contributed by atoms with Crippen molar-refractivity contribution in [3.8, 4) is 0 Å². The zero-order valence-corrected chi connectivity index (χ0v) is 22.5. The third-order valence-corrected chi connectivity index (χ3v) is 10.8. The number of benzene rings is 3. The molecule has 0 fully saturated rings. The summed E-state index contributed by atoms with van der Waals surface area (Å²) < 4.78 is 156. The normalized spacial score (nSPS) is 14.3. The Labute approximate surface area is 224 Å². The molecule has 39 heavy (non-hydrogen) atoms. The number of sulfone groups is 2. The third-order valence-electron chi connectivity index (χ3n) is 5.30. The second-order valence-electron chi connectivity index (χ2n) is 7.95. The van der Waals surface area contributed by atoms with Gasteiger partial charge in [-0.2, -0.15) is 26.3 Å². The van der Waals surface area contributed by atoms with Crippen molar-refractivity contribution < 1.29 is 51.6 Å². The van der Waals surface area contributed by atoms with Gasteiger partial charge in [0.2, 0.25) is 19.7 Å². The third kappa shape index (κ3) is 6.24. The molecule has 0 aliphatic rings. The van der Waals surface area contributed by atoms with Gasteiger partial charge in [-0.25, -0.2) is 30.0 Å². The van der Waals surface area contributed by atoms with Crippen LogP contribution in [0.25, 0.3) is 0 Å². The zero-order chi connectivity index (χ0) is 29.6. The molecule has 17 heteroatoms. The van der Waals surface area contributed by atoms with Gasteiger partial charge >= 0.3 is 21.7 Å². The van der Waals surface area contributed by atoms with E-state index in [2.05, 4.69) is 0 Å². The predicted molar refractivity (Wildman–Crippen MR) is 127 cm³/mol. The summed E-state index contributed by atoms with van der Waals surface area (Å²) in [6.07, 6.45) is -5.03. The van der Waals surface area contributed by atoms with Gasteiger partial charge in [-0.05, 0) is 55.0 Å². The van der Waals surface area contributed by atoms with Gasteiger partial charge in [0.25, 0.3) is 0 Å². The average molecular weight is 636 g/mol. The Morgan fingerprint density at radius 2 is 1.28 bits per heavy atom. The first kappa shape index (κ1) is 30.9. The number of hydrogen-bond donors (Lipinski definition) is 1. The van der Waals surface area contributed by atoms with Gasteiger partial charge in [-0.15, -0.1) is 0 Å². The first-order chi connectivity index (χ1) is 17.7. The number of hydrogen-bond acceptors (Lipinski definition) is 6. The molecule has 212 valence electrons. The lowest BCUT2D eigenvalue weighted by Crippen LogP contribution is -2.37. The highest BCUT2D eigenvalue weighted by atomic mass is 35.5. The topological polar surface area (TPSA) is 114 Å². The van der Waals surface area contributed by atoms with E-state index in [4.69, 9.17) is 11.6 Å². The van der Waals surface area contributed by atoms with Crippen LogP contribution in [-0.2, 0) is 35.9 Å². The van der Waals surface area contributed by atoms with E-state index >= 15 is 0 Å². The van der Waals surface area contributed by atoms with Crippen LogP contribution in [0.2, 0.25) is 5.02 Å². The Hall–Kier alpha value is -2.66. The van der Waals surface area contributed by atoms with E-state index in [9.17, 15) is 51.6 Å².